The molecule has 0 saturated heterocycles. The molecule has 0 fully saturated rings. The van der Waals surface area contributed by atoms with Crippen molar-refractivity contribution in [3.05, 3.63) is 35.9 Å². The van der Waals surface area contributed by atoms with E-state index in [4.69, 9.17) is 0 Å². The summed E-state index contributed by atoms with van der Waals surface area (Å²) < 4.78 is 0. The highest BCUT2D eigenvalue weighted by molar-refractivity contribution is 5.32. The van der Waals surface area contributed by atoms with Crippen molar-refractivity contribution in [2.24, 2.45) is 4.99 Å². The van der Waals surface area contributed by atoms with Crippen LogP contribution in [0.5, 0.6) is 0 Å². The van der Waals surface area contributed by atoms with Gasteiger partial charge in [-0.1, -0.05) is 49.6 Å². The smallest absolute Gasteiger partial charge is 0.211 e. The summed E-state index contributed by atoms with van der Waals surface area (Å²) in [7, 11) is 0. The van der Waals surface area contributed by atoms with Gasteiger partial charge in [-0.05, 0) is 24.8 Å². The van der Waals surface area contributed by atoms with Gasteiger partial charge in [-0.25, -0.2) is 9.79 Å². The first kappa shape index (κ1) is 12.7. The number of nitrogens with zero attached hydrogens (tertiary/aromatic N) is 1. The molecular weight excluding hydrogens is 198 g/mol. The van der Waals surface area contributed by atoms with Crippen LogP contribution in [0.15, 0.2) is 35.3 Å². The lowest BCUT2D eigenvalue weighted by molar-refractivity contribution is 0.560. The summed E-state index contributed by atoms with van der Waals surface area (Å²) in [6.07, 6.45) is 8.67. The molecule has 0 N–H and O–H groups in total. The van der Waals surface area contributed by atoms with Crippen molar-refractivity contribution in [3.8, 4) is 0 Å². The maximum absolute atomic E-state index is 9.81. The normalized spacial score (nSPS) is 9.75. The topological polar surface area (TPSA) is 29.4 Å². The van der Waals surface area contributed by atoms with Crippen molar-refractivity contribution in [1.82, 2.24) is 0 Å². The van der Waals surface area contributed by atoms with Gasteiger partial charge in [0.15, 0.2) is 0 Å². The van der Waals surface area contributed by atoms with E-state index in [9.17, 15) is 4.79 Å². The zero-order chi connectivity index (χ0) is 11.5. The number of hydrogen-bond acceptors (Lipinski definition) is 2. The molecule has 0 heterocycles. The Morgan fingerprint density at radius 1 is 0.938 bits per heavy atom. The van der Waals surface area contributed by atoms with Gasteiger partial charge in [0, 0.05) is 0 Å². The van der Waals surface area contributed by atoms with Crippen LogP contribution in [0.1, 0.15) is 37.7 Å². The predicted octanol–water partition coefficient (Wildman–Crippen LogP) is 3.52. The molecule has 16 heavy (non-hydrogen) atoms. The molecule has 0 aliphatic heterocycles. The molecule has 0 amide bonds. The van der Waals surface area contributed by atoms with Crippen molar-refractivity contribution in [2.45, 2.75) is 38.5 Å². The fraction of sp³-hybridized carbons (Fsp3) is 0.500. The largest absolute Gasteiger partial charge is 0.234 e. The summed E-state index contributed by atoms with van der Waals surface area (Å²) in [6, 6.07) is 10.6. The third-order valence-electron chi connectivity index (χ3n) is 2.64. The van der Waals surface area contributed by atoms with Gasteiger partial charge < -0.3 is 0 Å². The molecular formula is C14H19NO. The van der Waals surface area contributed by atoms with Crippen molar-refractivity contribution in [2.75, 3.05) is 6.54 Å². The summed E-state index contributed by atoms with van der Waals surface area (Å²) in [5, 5.41) is 0. The molecule has 2 heteroatoms. The van der Waals surface area contributed by atoms with E-state index < -0.39 is 0 Å². The second-order valence-corrected chi connectivity index (χ2v) is 3.98. The highest BCUT2D eigenvalue weighted by atomic mass is 16.1. The molecule has 0 unspecified atom stereocenters. The van der Waals surface area contributed by atoms with Crippen LogP contribution < -0.4 is 0 Å². The second kappa shape index (κ2) is 8.87. The number of benzene rings is 1. The summed E-state index contributed by atoms with van der Waals surface area (Å²) in [5.41, 5.74) is 1.42. The fourth-order valence-corrected chi connectivity index (χ4v) is 1.74. The van der Waals surface area contributed by atoms with Crippen molar-refractivity contribution >= 4 is 6.08 Å². The van der Waals surface area contributed by atoms with Crippen LogP contribution in [-0.2, 0) is 11.2 Å². The number of aliphatic imine (C=N–C) groups is 1. The van der Waals surface area contributed by atoms with E-state index in [1.165, 1.54) is 37.7 Å². The molecule has 1 aromatic rings. The molecule has 2 nitrogen and oxygen atoms in total. The van der Waals surface area contributed by atoms with E-state index in [2.05, 4.69) is 35.3 Å². The first-order chi connectivity index (χ1) is 7.93. The Morgan fingerprint density at radius 3 is 2.38 bits per heavy atom. The molecule has 0 saturated carbocycles. The number of aryl methyl sites for hydroxylation is 1. The van der Waals surface area contributed by atoms with Crippen LogP contribution >= 0.6 is 0 Å². The lowest BCUT2D eigenvalue weighted by Crippen LogP contribution is -1.86. The third kappa shape index (κ3) is 6.15. The Kier molecular flexibility index (Phi) is 7.02. The Bertz CT molecular complexity index is 315. The van der Waals surface area contributed by atoms with Crippen LogP contribution in [-0.4, -0.2) is 12.6 Å². The number of hydrogen-bond donors (Lipinski definition) is 0. The summed E-state index contributed by atoms with van der Waals surface area (Å²) >= 11 is 0. The maximum atomic E-state index is 9.81. The minimum atomic E-state index is 0.641. The van der Waals surface area contributed by atoms with Crippen LogP contribution in [0.4, 0.5) is 0 Å². The van der Waals surface area contributed by atoms with Gasteiger partial charge in [-0.2, -0.15) is 0 Å². The van der Waals surface area contributed by atoms with E-state index in [0.717, 1.165) is 6.42 Å². The van der Waals surface area contributed by atoms with Gasteiger partial charge in [0.1, 0.15) is 0 Å². The zero-order valence-corrected chi connectivity index (χ0v) is 9.69. The number of unbranched alkanes of at least 4 members (excludes halogenated alkanes) is 4. The van der Waals surface area contributed by atoms with E-state index in [0.29, 0.717) is 6.54 Å². The Hall–Kier alpha value is -1.40. The van der Waals surface area contributed by atoms with Gasteiger partial charge in [0.25, 0.3) is 0 Å². The average molecular weight is 217 g/mol. The molecule has 86 valence electrons. The highest BCUT2D eigenvalue weighted by Gasteiger charge is 1.93. The molecule has 0 radical (unpaired) electrons. The fourth-order valence-electron chi connectivity index (χ4n) is 1.74. The van der Waals surface area contributed by atoms with Gasteiger partial charge in [-0.3, -0.25) is 0 Å². The Morgan fingerprint density at radius 2 is 1.62 bits per heavy atom. The van der Waals surface area contributed by atoms with Crippen LogP contribution in [0.2, 0.25) is 0 Å². The van der Waals surface area contributed by atoms with Gasteiger partial charge in [0.2, 0.25) is 6.08 Å². The van der Waals surface area contributed by atoms with Crippen LogP contribution in [0.3, 0.4) is 0 Å². The van der Waals surface area contributed by atoms with Crippen molar-refractivity contribution in [1.29, 1.82) is 0 Å². The first-order valence-corrected chi connectivity index (χ1v) is 6.01. The quantitative estimate of drug-likeness (QED) is 0.372. The SMILES string of the molecule is O=C=NCCCCCCCc1ccccc1. The number of rotatable bonds is 8. The molecule has 0 aliphatic carbocycles. The second-order valence-electron chi connectivity index (χ2n) is 3.98. The Labute approximate surface area is 97.4 Å². The lowest BCUT2D eigenvalue weighted by Gasteiger charge is -2.01. The molecule has 0 aliphatic rings. The highest BCUT2D eigenvalue weighted by Crippen LogP contribution is 2.08. The zero-order valence-electron chi connectivity index (χ0n) is 9.69. The van der Waals surface area contributed by atoms with E-state index >= 15 is 0 Å². The molecule has 0 atom stereocenters. The molecule has 0 aromatic heterocycles. The average Bonchev–Trinajstić information content (AvgIpc) is 2.34. The van der Waals surface area contributed by atoms with E-state index in [1.54, 1.807) is 6.08 Å². The molecule has 1 rings (SSSR count). The van der Waals surface area contributed by atoms with E-state index in [-0.39, 0.29) is 0 Å². The molecule has 0 bridgehead atoms. The van der Waals surface area contributed by atoms with Crippen molar-refractivity contribution in [3.63, 3.8) is 0 Å². The van der Waals surface area contributed by atoms with Crippen molar-refractivity contribution < 1.29 is 4.79 Å². The van der Waals surface area contributed by atoms with Gasteiger partial charge in [-0.15, -0.1) is 0 Å². The minimum Gasteiger partial charge on any atom is -0.211 e. The number of carbonyl (C=O) groups excluding carboxylic acids is 1. The van der Waals surface area contributed by atoms with Crippen LogP contribution in [0.25, 0.3) is 0 Å². The minimum absolute atomic E-state index is 0.641. The first-order valence-electron chi connectivity index (χ1n) is 6.01. The summed E-state index contributed by atoms with van der Waals surface area (Å²) in [6.45, 7) is 0.641. The standard InChI is InChI=1S/C14H19NO/c16-13-15-12-8-3-1-2-5-9-14-10-6-4-7-11-14/h4,6-7,10-11H,1-3,5,8-9,12H2. The summed E-state index contributed by atoms with van der Waals surface area (Å²) in [4.78, 5) is 13.3. The molecule has 1 aromatic carbocycles. The van der Waals surface area contributed by atoms with Gasteiger partial charge >= 0.3 is 0 Å². The predicted molar refractivity (Wildman–Crippen MR) is 66.2 cm³/mol. The summed E-state index contributed by atoms with van der Waals surface area (Å²) in [5.74, 6) is 0. The molecule has 0 spiro atoms. The third-order valence-corrected chi connectivity index (χ3v) is 2.64. The lowest BCUT2D eigenvalue weighted by atomic mass is 10.1. The van der Waals surface area contributed by atoms with Gasteiger partial charge in [0.05, 0.1) is 6.54 Å². The van der Waals surface area contributed by atoms with E-state index in [1.807, 2.05) is 0 Å². The maximum Gasteiger partial charge on any atom is 0.234 e. The monoisotopic (exact) mass is 217 g/mol. The van der Waals surface area contributed by atoms with Crippen LogP contribution in [0, 0.1) is 0 Å². The number of isocyanates is 1. The Balaban J connectivity index is 1.94.